The first-order valence-corrected chi connectivity index (χ1v) is 11.1. The molecule has 1 amide bonds. The van der Waals surface area contributed by atoms with Gasteiger partial charge < -0.3 is 25.4 Å². The summed E-state index contributed by atoms with van der Waals surface area (Å²) in [6.45, 7) is 2.21. The molecule has 3 aliphatic heterocycles. The second-order valence-corrected chi connectivity index (χ2v) is 9.33. The van der Waals surface area contributed by atoms with Gasteiger partial charge in [-0.05, 0) is 26.8 Å². The molecule has 0 aromatic heterocycles. The molecule has 0 spiro atoms. The van der Waals surface area contributed by atoms with Crippen molar-refractivity contribution in [2.24, 2.45) is 11.7 Å². The predicted molar refractivity (Wildman–Crippen MR) is 111 cm³/mol. The first-order chi connectivity index (χ1) is 14.8. The van der Waals surface area contributed by atoms with E-state index in [1.165, 1.54) is 6.42 Å². The zero-order valence-corrected chi connectivity index (χ0v) is 18.3. The standard InChI is InChI=1S/C22H30N4O5/c1-11-16(24-12-7-5-4-6-8-12)19(28)15-13(10-31-21(23)29)22(30-3)20-14(25(20)2)9-26(22)17(15)18(11)27/h12-14,20,24H,4-10H2,1-3H3,(H2,23,29)/t13-,14+,20+,22-,25?/m1/s1. The summed E-state index contributed by atoms with van der Waals surface area (Å²) in [6, 6.07) is 0.439. The maximum atomic E-state index is 13.8. The van der Waals surface area contributed by atoms with Gasteiger partial charge in [-0.15, -0.1) is 0 Å². The Labute approximate surface area is 181 Å². The van der Waals surface area contributed by atoms with Crippen LogP contribution < -0.4 is 11.1 Å². The molecule has 5 rings (SSSR count). The van der Waals surface area contributed by atoms with E-state index in [4.69, 9.17) is 15.2 Å². The molecule has 3 heterocycles. The van der Waals surface area contributed by atoms with Crippen LogP contribution in [0.25, 0.3) is 0 Å². The third-order valence-electron chi connectivity index (χ3n) is 7.90. The smallest absolute Gasteiger partial charge is 0.404 e. The number of nitrogens with two attached hydrogens (primary N) is 1. The molecule has 1 saturated carbocycles. The van der Waals surface area contributed by atoms with Gasteiger partial charge in [0.05, 0.1) is 23.4 Å². The van der Waals surface area contributed by atoms with E-state index in [0.717, 1.165) is 25.7 Å². The highest BCUT2D eigenvalue weighted by molar-refractivity contribution is 6.25. The maximum Gasteiger partial charge on any atom is 0.404 e. The van der Waals surface area contributed by atoms with Crippen LogP contribution in [-0.2, 0) is 19.1 Å². The van der Waals surface area contributed by atoms with Crippen LogP contribution in [0.15, 0.2) is 22.5 Å². The summed E-state index contributed by atoms with van der Waals surface area (Å²) < 4.78 is 11.3. The number of allylic oxidation sites excluding steroid dienone is 2. The summed E-state index contributed by atoms with van der Waals surface area (Å²) in [7, 11) is 3.59. The number of ketones is 2. The molecular formula is C22H30N4O5. The van der Waals surface area contributed by atoms with Gasteiger partial charge in [-0.2, -0.15) is 0 Å². The minimum absolute atomic E-state index is 0.0141. The van der Waals surface area contributed by atoms with Gasteiger partial charge in [0, 0.05) is 36.9 Å². The number of methoxy groups -OCH3 is 1. The van der Waals surface area contributed by atoms with Crippen molar-refractivity contribution < 1.29 is 23.9 Å². The van der Waals surface area contributed by atoms with E-state index < -0.39 is 17.7 Å². The number of Topliss-reactive ketones (excluding diaryl/α,β-unsaturated/α-hetero) is 2. The monoisotopic (exact) mass is 430 g/mol. The number of hydrogen-bond donors (Lipinski definition) is 2. The van der Waals surface area contributed by atoms with Gasteiger partial charge in [0.25, 0.3) is 0 Å². The van der Waals surface area contributed by atoms with Gasteiger partial charge in [-0.25, -0.2) is 4.79 Å². The SMILES string of the molecule is CO[C@@]12[C@H](COC(N)=O)C3=C(C(=O)C(C)=C(NC4CCCCC4)C3=O)N1C[C@H]1[C@@H]2N1C. The van der Waals surface area contributed by atoms with Crippen molar-refractivity contribution in [1.82, 2.24) is 15.1 Å². The highest BCUT2D eigenvalue weighted by atomic mass is 16.6. The van der Waals surface area contributed by atoms with Crippen LogP contribution >= 0.6 is 0 Å². The lowest BCUT2D eigenvalue weighted by Gasteiger charge is -2.40. The highest BCUT2D eigenvalue weighted by Gasteiger charge is 2.75. The summed E-state index contributed by atoms with van der Waals surface area (Å²) >= 11 is 0. The van der Waals surface area contributed by atoms with E-state index >= 15 is 0 Å². The van der Waals surface area contributed by atoms with Crippen LogP contribution in [0.4, 0.5) is 4.79 Å². The van der Waals surface area contributed by atoms with Crippen LogP contribution in [0.2, 0.25) is 0 Å². The Balaban J connectivity index is 1.54. The molecule has 0 bridgehead atoms. The first-order valence-electron chi connectivity index (χ1n) is 11.1. The van der Waals surface area contributed by atoms with Gasteiger partial charge in [0.15, 0.2) is 5.72 Å². The van der Waals surface area contributed by atoms with E-state index in [2.05, 4.69) is 10.2 Å². The van der Waals surface area contributed by atoms with Crippen LogP contribution in [0, 0.1) is 5.92 Å². The Hall–Kier alpha value is -2.39. The number of fused-ring (bicyclic) bond motifs is 4. The zero-order chi connectivity index (χ0) is 22.1. The quantitative estimate of drug-likeness (QED) is 0.483. The number of nitrogens with one attached hydrogen (secondary N) is 1. The Kier molecular flexibility index (Phi) is 4.67. The normalized spacial score (nSPS) is 37.1. The topological polar surface area (TPSA) is 114 Å². The number of likely N-dealkylation sites (N-methyl/N-ethyl adjacent to an activating group) is 1. The van der Waals surface area contributed by atoms with E-state index in [-0.39, 0.29) is 36.3 Å². The molecule has 1 unspecified atom stereocenters. The minimum atomic E-state index is -0.925. The van der Waals surface area contributed by atoms with Crippen LogP contribution in [0.3, 0.4) is 0 Å². The molecule has 0 aromatic carbocycles. The van der Waals surface area contributed by atoms with E-state index in [9.17, 15) is 14.4 Å². The number of primary amides is 1. The summed E-state index contributed by atoms with van der Waals surface area (Å²) in [5, 5.41) is 3.39. The van der Waals surface area contributed by atoms with Crippen molar-refractivity contribution in [1.29, 1.82) is 0 Å². The predicted octanol–water partition coefficient (Wildman–Crippen LogP) is 0.655. The second-order valence-electron chi connectivity index (χ2n) is 9.33. The van der Waals surface area contributed by atoms with Gasteiger partial charge >= 0.3 is 6.09 Å². The lowest BCUT2D eigenvalue weighted by atomic mass is 9.82. The third-order valence-corrected chi connectivity index (χ3v) is 7.90. The molecule has 3 N–H and O–H groups in total. The number of carbonyl (C=O) groups is 3. The number of nitrogens with zero attached hydrogens (tertiary/aromatic N) is 2. The molecule has 0 radical (unpaired) electrons. The number of carbonyl (C=O) groups excluding carboxylic acids is 3. The molecular weight excluding hydrogens is 400 g/mol. The summed E-state index contributed by atoms with van der Waals surface area (Å²) in [4.78, 5) is 42.9. The largest absolute Gasteiger partial charge is 0.449 e. The van der Waals surface area contributed by atoms with Gasteiger partial charge in [-0.1, -0.05) is 19.3 Å². The van der Waals surface area contributed by atoms with Gasteiger partial charge in [0.2, 0.25) is 11.6 Å². The molecule has 9 heteroatoms. The van der Waals surface area contributed by atoms with Crippen LogP contribution in [0.1, 0.15) is 39.0 Å². The van der Waals surface area contributed by atoms with Crippen LogP contribution in [0.5, 0.6) is 0 Å². The van der Waals surface area contributed by atoms with Crippen molar-refractivity contribution in [2.45, 2.75) is 62.9 Å². The zero-order valence-electron chi connectivity index (χ0n) is 18.3. The number of rotatable bonds is 5. The fourth-order valence-corrected chi connectivity index (χ4v) is 6.34. The van der Waals surface area contributed by atoms with Gasteiger partial charge in [0.1, 0.15) is 6.61 Å². The average Bonchev–Trinajstić information content (AvgIpc) is 3.14. The molecule has 5 aliphatic rings. The third kappa shape index (κ3) is 2.72. The Morgan fingerprint density at radius 3 is 2.58 bits per heavy atom. The number of hydrogen-bond acceptors (Lipinski definition) is 8. The molecule has 2 saturated heterocycles. The fourth-order valence-electron chi connectivity index (χ4n) is 6.34. The van der Waals surface area contributed by atoms with Crippen molar-refractivity contribution in [3.8, 4) is 0 Å². The Bertz CT molecular complexity index is 921. The molecule has 9 nitrogen and oxygen atoms in total. The fraction of sp³-hybridized carbons (Fsp3) is 0.682. The molecule has 3 fully saturated rings. The average molecular weight is 431 g/mol. The highest BCUT2D eigenvalue weighted by Crippen LogP contribution is 2.59. The number of ether oxygens (including phenoxy) is 2. The minimum Gasteiger partial charge on any atom is -0.449 e. The van der Waals surface area contributed by atoms with Crippen molar-refractivity contribution >= 4 is 17.7 Å². The van der Waals surface area contributed by atoms with Gasteiger partial charge in [-0.3, -0.25) is 14.5 Å². The Morgan fingerprint density at radius 1 is 1.23 bits per heavy atom. The van der Waals surface area contributed by atoms with Crippen molar-refractivity contribution in [3.63, 3.8) is 0 Å². The Morgan fingerprint density at radius 2 is 1.94 bits per heavy atom. The lowest BCUT2D eigenvalue weighted by molar-refractivity contribution is -0.144. The van der Waals surface area contributed by atoms with E-state index in [0.29, 0.717) is 29.1 Å². The molecule has 0 aromatic rings. The van der Waals surface area contributed by atoms with Crippen LogP contribution in [-0.4, -0.2) is 78.6 Å². The second kappa shape index (κ2) is 7.06. The maximum absolute atomic E-state index is 13.8. The lowest BCUT2D eigenvalue weighted by Crippen LogP contribution is -2.55. The molecule has 168 valence electrons. The molecule has 31 heavy (non-hydrogen) atoms. The molecule has 2 aliphatic carbocycles. The first kappa shape index (κ1) is 20.5. The van der Waals surface area contributed by atoms with Crippen molar-refractivity contribution in [2.75, 3.05) is 27.3 Å². The van der Waals surface area contributed by atoms with E-state index in [1.807, 2.05) is 11.9 Å². The summed E-state index contributed by atoms with van der Waals surface area (Å²) in [6.07, 6.45) is 4.50. The van der Waals surface area contributed by atoms with E-state index in [1.54, 1.807) is 14.0 Å². The van der Waals surface area contributed by atoms with Crippen molar-refractivity contribution in [3.05, 3.63) is 22.5 Å². The summed E-state index contributed by atoms with van der Waals surface area (Å²) in [5.74, 6) is -0.936. The number of piperazine rings is 1. The number of amides is 1. The summed E-state index contributed by atoms with van der Waals surface area (Å²) in [5.41, 5.74) is 5.94. The molecule has 5 atom stereocenters.